The van der Waals surface area contributed by atoms with Gasteiger partial charge in [-0.2, -0.15) is 0 Å². The van der Waals surface area contributed by atoms with Gasteiger partial charge in [-0.15, -0.1) is 0 Å². The predicted octanol–water partition coefficient (Wildman–Crippen LogP) is 5.81. The molecule has 0 unspecified atom stereocenters. The maximum Gasteiger partial charge on any atom is 0.296 e. The minimum absolute atomic E-state index is 0.0123. The maximum absolute atomic E-state index is 13.0. The van der Waals surface area contributed by atoms with Gasteiger partial charge in [0.15, 0.2) is 64.0 Å². The van der Waals surface area contributed by atoms with Crippen LogP contribution >= 0.6 is 0 Å². The average molecular weight is 1140 g/mol. The fourth-order valence-corrected chi connectivity index (χ4v) is 9.99. The van der Waals surface area contributed by atoms with Crippen molar-refractivity contribution >= 4 is 63.6 Å². The number of likely N-dealkylation sites (N-methyl/N-ethyl adjacent to an activating group) is 1. The average Bonchev–Trinajstić information content (AvgIpc) is 3.68. The molecular formula is C62H67N5O16. The summed E-state index contributed by atoms with van der Waals surface area (Å²) in [7, 11) is 4.71. The van der Waals surface area contributed by atoms with Gasteiger partial charge in [0, 0.05) is 63.8 Å². The SMILES string of the molecule is C=C(C#Cc1c(C)oc2c(C=O)c(O)c(OC)cc2c1=O)N1CCN(C)CC1.COc1cc2c(=O)c(C#CC(=O)NCCN3CCCCC3)c(C)oc2c(C=O)c1O.Cc1cc2c(=O)c(CC(=O)N3CCCCC3)c(C)oc2c(C=O)c1O. The summed E-state index contributed by atoms with van der Waals surface area (Å²) in [5.74, 6) is 9.99. The molecule has 0 aliphatic carbocycles. The molecule has 3 aliphatic rings. The third-order valence-electron chi connectivity index (χ3n) is 14.9. The van der Waals surface area contributed by atoms with E-state index in [9.17, 15) is 53.7 Å². The Balaban J connectivity index is 0.000000180. The quantitative estimate of drug-likeness (QED) is 0.0880. The number of amides is 2. The number of fused-ring (bicyclic) bond motifs is 3. The normalized spacial score (nSPS) is 14.4. The molecule has 0 bridgehead atoms. The van der Waals surface area contributed by atoms with Crippen molar-refractivity contribution in [1.29, 1.82) is 0 Å². The number of phenols is 3. The number of likely N-dealkylation sites (tertiary alicyclic amines) is 2. The second-order valence-corrected chi connectivity index (χ2v) is 20.3. The van der Waals surface area contributed by atoms with Crippen LogP contribution in [0.3, 0.4) is 0 Å². The van der Waals surface area contributed by atoms with E-state index in [0.717, 1.165) is 78.2 Å². The molecule has 21 nitrogen and oxygen atoms in total. The van der Waals surface area contributed by atoms with Crippen LogP contribution in [-0.4, -0.2) is 152 Å². The van der Waals surface area contributed by atoms with Crippen molar-refractivity contribution in [1.82, 2.24) is 24.9 Å². The van der Waals surface area contributed by atoms with Crippen molar-refractivity contribution in [3.05, 3.63) is 117 Å². The lowest BCUT2D eigenvalue weighted by atomic mass is 10.0. The van der Waals surface area contributed by atoms with Gasteiger partial charge in [-0.1, -0.05) is 18.9 Å². The van der Waals surface area contributed by atoms with Crippen LogP contribution in [0.25, 0.3) is 32.9 Å². The molecule has 0 saturated carbocycles. The first kappa shape index (κ1) is 61.4. The van der Waals surface area contributed by atoms with Crippen LogP contribution < -0.4 is 31.1 Å². The zero-order valence-corrected chi connectivity index (χ0v) is 47.6. The van der Waals surface area contributed by atoms with E-state index in [2.05, 4.69) is 57.3 Å². The van der Waals surface area contributed by atoms with Gasteiger partial charge in [-0.05, 0) is 116 Å². The van der Waals surface area contributed by atoms with E-state index in [-0.39, 0.29) is 118 Å². The van der Waals surface area contributed by atoms with Crippen LogP contribution in [0, 0.1) is 51.4 Å². The third kappa shape index (κ3) is 13.8. The van der Waals surface area contributed by atoms with Crippen molar-refractivity contribution < 1.29 is 62.0 Å². The first-order valence-electron chi connectivity index (χ1n) is 27.1. The van der Waals surface area contributed by atoms with E-state index in [1.807, 2.05) is 0 Å². The first-order chi connectivity index (χ1) is 39.8. The number of benzene rings is 3. The summed E-state index contributed by atoms with van der Waals surface area (Å²) in [6.45, 7) is 18.6. The summed E-state index contributed by atoms with van der Waals surface area (Å²) in [5, 5.41) is 33.3. The van der Waals surface area contributed by atoms with E-state index in [1.54, 1.807) is 25.7 Å². The Morgan fingerprint density at radius 3 is 1.57 bits per heavy atom. The predicted molar refractivity (Wildman–Crippen MR) is 310 cm³/mol. The molecule has 6 aromatic rings. The number of ether oxygens (including phenoxy) is 2. The number of phenolic OH excluding ortho intramolecular Hbond substituents is 3. The number of carbonyl (C=O) groups is 5. The Morgan fingerprint density at radius 1 is 0.614 bits per heavy atom. The van der Waals surface area contributed by atoms with E-state index >= 15 is 0 Å². The number of piperidine rings is 2. The van der Waals surface area contributed by atoms with Crippen molar-refractivity contribution in [2.24, 2.45) is 0 Å². The van der Waals surface area contributed by atoms with Crippen molar-refractivity contribution in [3.63, 3.8) is 0 Å². The number of aryl methyl sites for hydroxylation is 4. The molecule has 3 fully saturated rings. The molecule has 83 heavy (non-hydrogen) atoms. The highest BCUT2D eigenvalue weighted by atomic mass is 16.5. The molecule has 3 aliphatic heterocycles. The van der Waals surface area contributed by atoms with Gasteiger partial charge in [-0.3, -0.25) is 38.4 Å². The number of aromatic hydroxyl groups is 3. The molecule has 6 heterocycles. The van der Waals surface area contributed by atoms with Crippen molar-refractivity contribution in [3.8, 4) is 52.4 Å². The molecule has 0 spiro atoms. The number of nitrogens with one attached hydrogen (secondary N) is 1. The monoisotopic (exact) mass is 1140 g/mol. The van der Waals surface area contributed by atoms with Gasteiger partial charge in [0.05, 0.1) is 48.1 Å². The van der Waals surface area contributed by atoms with E-state index < -0.39 is 17.1 Å². The summed E-state index contributed by atoms with van der Waals surface area (Å²) < 4.78 is 27.0. The lowest BCUT2D eigenvalue weighted by Crippen LogP contribution is -2.43. The number of aldehydes is 3. The Labute approximate surface area is 478 Å². The minimum Gasteiger partial charge on any atom is -0.507 e. The Bertz CT molecular complexity index is 3850. The number of piperazine rings is 1. The number of allylic oxidation sites excluding steroid dienone is 1. The zero-order valence-electron chi connectivity index (χ0n) is 47.6. The molecule has 4 N–H and O–H groups in total. The standard InChI is InChI=1S/C22H24N2O6.C21H22N2O5.C19H21NO5/c1-14-15(6-7-19(26)23-8-11-24-9-4-3-5-10-24)20(27)16-12-18(29-2)21(28)17(13-25)22(16)30-14;1-13(23-9-7-22(3)8-10-23)5-6-15-14(2)28-21-16(19(15)25)11-18(27-4)20(26)17(21)12-24;1-11-8-14-18(24)13(9-16(22)20-6-4-3-5-7-20)12(2)25-19(14)15(10-21)17(11)23/h12-13,28H,3-5,8-11H2,1-2H3,(H,23,26);11-12,26H,1,7-10H2,2-4H3;8,10,23H,3-7,9H2,1-2H3. The Hall–Kier alpha value is -9.18. The van der Waals surface area contributed by atoms with Gasteiger partial charge in [-0.25, -0.2) is 0 Å². The smallest absolute Gasteiger partial charge is 0.296 e. The van der Waals surface area contributed by atoms with Crippen LogP contribution in [-0.2, 0) is 16.0 Å². The minimum atomic E-state index is -0.510. The van der Waals surface area contributed by atoms with Crippen LogP contribution in [0.4, 0.5) is 0 Å². The molecule has 9 rings (SSSR count). The number of carbonyl (C=O) groups excluding carboxylic acids is 5. The highest BCUT2D eigenvalue weighted by Crippen LogP contribution is 2.37. The van der Waals surface area contributed by atoms with Gasteiger partial charge in [0.25, 0.3) is 5.91 Å². The highest BCUT2D eigenvalue weighted by molar-refractivity contribution is 6.01. The zero-order chi connectivity index (χ0) is 60.2. The molecule has 21 heteroatoms. The topological polar surface area (TPSA) is 280 Å². The van der Waals surface area contributed by atoms with E-state index in [1.165, 1.54) is 58.6 Å². The Morgan fingerprint density at radius 2 is 1.07 bits per heavy atom. The van der Waals surface area contributed by atoms with Crippen LogP contribution in [0.2, 0.25) is 0 Å². The number of nitrogens with zero attached hydrogens (tertiary/aromatic N) is 4. The van der Waals surface area contributed by atoms with Gasteiger partial charge < -0.3 is 63.0 Å². The summed E-state index contributed by atoms with van der Waals surface area (Å²) in [6.07, 6.45) is 7.99. The summed E-state index contributed by atoms with van der Waals surface area (Å²) in [5.41, 5.74) is 0.0207. The fraction of sp³-hybridized carbons (Fsp3) is 0.387. The van der Waals surface area contributed by atoms with Crippen molar-refractivity contribution in [2.75, 3.05) is 86.7 Å². The van der Waals surface area contributed by atoms with E-state index in [4.69, 9.17) is 22.7 Å². The van der Waals surface area contributed by atoms with Gasteiger partial charge in [0.2, 0.25) is 16.8 Å². The second kappa shape index (κ2) is 27.5. The largest absolute Gasteiger partial charge is 0.507 e. The summed E-state index contributed by atoms with van der Waals surface area (Å²) >= 11 is 0. The number of rotatable bonds is 11. The number of hydrogen-bond acceptors (Lipinski definition) is 19. The summed E-state index contributed by atoms with van der Waals surface area (Å²) in [4.78, 5) is 106. The lowest BCUT2D eigenvalue weighted by Gasteiger charge is -2.33. The third-order valence-corrected chi connectivity index (χ3v) is 14.9. The Kier molecular flexibility index (Phi) is 20.4. The van der Waals surface area contributed by atoms with Crippen LogP contribution in [0.1, 0.15) is 109 Å². The maximum atomic E-state index is 13.0. The fourth-order valence-electron chi connectivity index (χ4n) is 9.99. The highest BCUT2D eigenvalue weighted by Gasteiger charge is 2.25. The second-order valence-electron chi connectivity index (χ2n) is 20.3. The molecule has 0 radical (unpaired) electrons. The molecule has 3 saturated heterocycles. The first-order valence-corrected chi connectivity index (χ1v) is 27.1. The van der Waals surface area contributed by atoms with Crippen LogP contribution in [0.15, 0.2) is 58.1 Å². The van der Waals surface area contributed by atoms with Crippen molar-refractivity contribution in [2.45, 2.75) is 72.6 Å². The molecular weight excluding hydrogens is 1070 g/mol. The van der Waals surface area contributed by atoms with Gasteiger partial charge >= 0.3 is 0 Å². The molecule has 2 amide bonds. The molecule has 3 aromatic carbocycles. The molecule has 0 atom stereocenters. The number of hydrogen-bond donors (Lipinski definition) is 4. The molecule has 436 valence electrons. The molecule has 3 aromatic heterocycles. The lowest BCUT2D eigenvalue weighted by molar-refractivity contribution is -0.131. The summed E-state index contributed by atoms with van der Waals surface area (Å²) in [6, 6.07) is 4.13. The van der Waals surface area contributed by atoms with Gasteiger partial charge in [0.1, 0.15) is 45.3 Å². The van der Waals surface area contributed by atoms with Crippen LogP contribution in [0.5, 0.6) is 28.7 Å². The number of methoxy groups -OCH3 is 2. The van der Waals surface area contributed by atoms with E-state index in [0.29, 0.717) is 48.0 Å².